The summed E-state index contributed by atoms with van der Waals surface area (Å²) in [6.07, 6.45) is 1.75. The summed E-state index contributed by atoms with van der Waals surface area (Å²) in [4.78, 5) is 13.1. The largest absolute Gasteiger partial charge is 0.384 e. The number of sulfonamides is 1. The lowest BCUT2D eigenvalue weighted by molar-refractivity contribution is 0.102. The predicted molar refractivity (Wildman–Crippen MR) is 136 cm³/mol. The molecule has 0 aliphatic rings. The number of nitrogens with one attached hydrogen (secondary N) is 2. The van der Waals surface area contributed by atoms with E-state index in [1.54, 1.807) is 77.5 Å². The van der Waals surface area contributed by atoms with Gasteiger partial charge in [-0.15, -0.1) is 0 Å². The number of hydrogen-bond donors (Lipinski definition) is 4. The topological polar surface area (TPSA) is 144 Å². The van der Waals surface area contributed by atoms with E-state index >= 15 is 0 Å². The minimum absolute atomic E-state index is 0.0299. The molecule has 0 atom stereocenters. The van der Waals surface area contributed by atoms with Crippen LogP contribution < -0.4 is 16.2 Å². The van der Waals surface area contributed by atoms with Gasteiger partial charge in [0.1, 0.15) is 11.5 Å². The summed E-state index contributed by atoms with van der Waals surface area (Å²) in [6, 6.07) is 22.0. The summed E-state index contributed by atoms with van der Waals surface area (Å²) in [5, 5.41) is 15.8. The zero-order chi connectivity index (χ0) is 24.5. The fourth-order valence-electron chi connectivity index (χ4n) is 3.52. The normalized spacial score (nSPS) is 11.2. The molecule has 0 spiro atoms. The molecule has 0 saturated carbocycles. The standard InChI is InChI=1S/C24H20BrN5O3S/c25-17-13-21(30(14-17)19-5-3-4-16(12-19)23(26)27)24(31)29-18-10-8-15(9-11-18)20-6-1-2-7-22(20)34(28,32)33/h1-14H,(H3,26,27)(H,29,31)(H2,28,32,33). The van der Waals surface area contributed by atoms with Gasteiger partial charge in [0.05, 0.1) is 4.90 Å². The summed E-state index contributed by atoms with van der Waals surface area (Å²) in [6.45, 7) is 0. The highest BCUT2D eigenvalue weighted by molar-refractivity contribution is 9.10. The Hall–Kier alpha value is -3.73. The molecule has 172 valence electrons. The van der Waals surface area contributed by atoms with Crippen molar-refractivity contribution in [2.75, 3.05) is 5.32 Å². The van der Waals surface area contributed by atoms with Gasteiger partial charge in [0, 0.05) is 33.2 Å². The van der Waals surface area contributed by atoms with Crippen LogP contribution in [0.3, 0.4) is 0 Å². The van der Waals surface area contributed by atoms with Gasteiger partial charge in [-0.3, -0.25) is 10.2 Å². The van der Waals surface area contributed by atoms with Crippen molar-refractivity contribution in [2.45, 2.75) is 4.90 Å². The van der Waals surface area contributed by atoms with Crippen LogP contribution in [0.2, 0.25) is 0 Å². The Kier molecular flexibility index (Phi) is 6.38. The molecule has 0 bridgehead atoms. The van der Waals surface area contributed by atoms with Crippen molar-refractivity contribution in [3.8, 4) is 16.8 Å². The van der Waals surface area contributed by atoms with E-state index < -0.39 is 10.0 Å². The third kappa shape index (κ3) is 4.93. The molecular weight excluding hydrogens is 518 g/mol. The molecule has 1 amide bonds. The molecule has 1 heterocycles. The maximum absolute atomic E-state index is 13.1. The first kappa shape index (κ1) is 23.4. The summed E-state index contributed by atoms with van der Waals surface area (Å²) >= 11 is 3.41. The highest BCUT2D eigenvalue weighted by atomic mass is 79.9. The van der Waals surface area contributed by atoms with Crippen LogP contribution in [0.1, 0.15) is 16.1 Å². The Balaban J connectivity index is 1.61. The van der Waals surface area contributed by atoms with Crippen LogP contribution in [-0.4, -0.2) is 24.7 Å². The number of rotatable bonds is 6. The van der Waals surface area contributed by atoms with E-state index in [9.17, 15) is 13.2 Å². The number of carbonyl (C=O) groups excluding carboxylic acids is 1. The van der Waals surface area contributed by atoms with E-state index in [1.807, 2.05) is 6.07 Å². The fraction of sp³-hybridized carbons (Fsp3) is 0. The molecular formula is C24H20BrN5O3S. The van der Waals surface area contributed by atoms with Gasteiger partial charge in [-0.1, -0.05) is 42.5 Å². The molecule has 4 rings (SSSR count). The third-order valence-corrected chi connectivity index (χ3v) is 6.50. The Morgan fingerprint density at radius 2 is 1.68 bits per heavy atom. The number of primary sulfonamides is 1. The number of hydrogen-bond acceptors (Lipinski definition) is 4. The molecule has 10 heteroatoms. The minimum Gasteiger partial charge on any atom is -0.384 e. The predicted octanol–water partition coefficient (Wildman–Crippen LogP) is 4.09. The summed E-state index contributed by atoms with van der Waals surface area (Å²) in [5.74, 6) is -0.417. The molecule has 4 aromatic rings. The van der Waals surface area contributed by atoms with Crippen molar-refractivity contribution in [3.05, 3.63) is 101 Å². The summed E-state index contributed by atoms with van der Waals surface area (Å²) in [5.41, 5.74) is 8.85. The number of nitrogens with zero attached hydrogens (tertiary/aromatic N) is 1. The van der Waals surface area contributed by atoms with Crippen molar-refractivity contribution in [1.82, 2.24) is 4.57 Å². The molecule has 0 fully saturated rings. The van der Waals surface area contributed by atoms with E-state index in [1.165, 1.54) is 6.07 Å². The van der Waals surface area contributed by atoms with Crippen LogP contribution in [0, 0.1) is 5.41 Å². The molecule has 1 aromatic heterocycles. The minimum atomic E-state index is -3.88. The van der Waals surface area contributed by atoms with Crippen LogP contribution in [0.25, 0.3) is 16.8 Å². The first-order chi connectivity index (χ1) is 16.1. The highest BCUT2D eigenvalue weighted by Gasteiger charge is 2.17. The first-order valence-corrected chi connectivity index (χ1v) is 12.3. The molecule has 8 nitrogen and oxygen atoms in total. The number of aromatic nitrogens is 1. The molecule has 0 aliphatic carbocycles. The number of anilines is 1. The number of benzene rings is 3. The summed E-state index contributed by atoms with van der Waals surface area (Å²) < 4.78 is 26.2. The van der Waals surface area contributed by atoms with Crippen molar-refractivity contribution in [3.63, 3.8) is 0 Å². The van der Waals surface area contributed by atoms with Crippen molar-refractivity contribution in [2.24, 2.45) is 10.9 Å². The Bertz CT molecular complexity index is 1510. The van der Waals surface area contributed by atoms with Gasteiger partial charge in [0.15, 0.2) is 0 Å². The van der Waals surface area contributed by atoms with Crippen molar-refractivity contribution >= 4 is 43.4 Å². The number of carbonyl (C=O) groups is 1. The molecule has 3 aromatic carbocycles. The Morgan fingerprint density at radius 1 is 0.971 bits per heavy atom. The van der Waals surface area contributed by atoms with Gasteiger partial charge in [-0.25, -0.2) is 13.6 Å². The first-order valence-electron chi connectivity index (χ1n) is 10.00. The molecule has 0 unspecified atom stereocenters. The van der Waals surface area contributed by atoms with E-state index in [2.05, 4.69) is 21.2 Å². The lowest BCUT2D eigenvalue weighted by Gasteiger charge is -2.12. The van der Waals surface area contributed by atoms with Gasteiger partial charge < -0.3 is 15.6 Å². The average molecular weight is 538 g/mol. The van der Waals surface area contributed by atoms with Gasteiger partial charge >= 0.3 is 0 Å². The second kappa shape index (κ2) is 9.26. The van der Waals surface area contributed by atoms with Gasteiger partial charge in [-0.2, -0.15) is 0 Å². The zero-order valence-corrected chi connectivity index (χ0v) is 20.1. The number of amidine groups is 1. The number of amides is 1. The van der Waals surface area contributed by atoms with Gasteiger partial charge in [0.2, 0.25) is 10.0 Å². The van der Waals surface area contributed by atoms with Crippen LogP contribution in [0.5, 0.6) is 0 Å². The quantitative estimate of drug-likeness (QED) is 0.217. The lowest BCUT2D eigenvalue weighted by atomic mass is 10.1. The average Bonchev–Trinajstić information content (AvgIpc) is 3.21. The number of halogens is 1. The van der Waals surface area contributed by atoms with E-state index in [0.717, 1.165) is 0 Å². The monoisotopic (exact) mass is 537 g/mol. The maximum atomic E-state index is 13.1. The molecule has 0 radical (unpaired) electrons. The van der Waals surface area contributed by atoms with E-state index in [0.29, 0.717) is 38.2 Å². The molecule has 0 aliphatic heterocycles. The van der Waals surface area contributed by atoms with Crippen molar-refractivity contribution in [1.29, 1.82) is 5.41 Å². The third-order valence-electron chi connectivity index (χ3n) is 5.10. The van der Waals surface area contributed by atoms with Crippen LogP contribution in [0.15, 0.2) is 94.4 Å². The smallest absolute Gasteiger partial charge is 0.272 e. The summed E-state index contributed by atoms with van der Waals surface area (Å²) in [7, 11) is -3.88. The highest BCUT2D eigenvalue weighted by Crippen LogP contribution is 2.28. The zero-order valence-electron chi connectivity index (χ0n) is 17.7. The van der Waals surface area contributed by atoms with E-state index in [-0.39, 0.29) is 16.6 Å². The van der Waals surface area contributed by atoms with Crippen LogP contribution >= 0.6 is 15.9 Å². The SMILES string of the molecule is N=C(N)c1cccc(-n2cc(Br)cc2C(=O)Nc2ccc(-c3ccccc3S(N)(=O)=O)cc2)c1. The molecule has 34 heavy (non-hydrogen) atoms. The Labute approximate surface area is 204 Å². The number of nitrogens with two attached hydrogens (primary N) is 2. The van der Waals surface area contributed by atoms with E-state index in [4.69, 9.17) is 16.3 Å². The van der Waals surface area contributed by atoms with Gasteiger partial charge in [-0.05, 0) is 57.9 Å². The lowest BCUT2D eigenvalue weighted by Crippen LogP contribution is -2.16. The van der Waals surface area contributed by atoms with Crippen LogP contribution in [0.4, 0.5) is 5.69 Å². The van der Waals surface area contributed by atoms with Crippen molar-refractivity contribution < 1.29 is 13.2 Å². The Morgan fingerprint density at radius 3 is 2.35 bits per heavy atom. The molecule has 6 N–H and O–H groups in total. The second-order valence-electron chi connectivity index (χ2n) is 7.45. The fourth-order valence-corrected chi connectivity index (χ4v) is 4.71. The molecule has 0 saturated heterocycles. The van der Waals surface area contributed by atoms with Crippen LogP contribution in [-0.2, 0) is 10.0 Å². The number of nitrogen functional groups attached to an aromatic ring is 1. The maximum Gasteiger partial charge on any atom is 0.272 e. The van der Waals surface area contributed by atoms with Gasteiger partial charge in [0.25, 0.3) is 5.91 Å². The second-order valence-corrected chi connectivity index (χ2v) is 9.90.